The molecule has 1 aromatic carbocycles. The second-order valence-electron chi connectivity index (χ2n) is 4.47. The molecular formula is C13H17NO3S. The van der Waals surface area contributed by atoms with E-state index in [1.165, 1.54) is 18.2 Å². The minimum Gasteiger partial charge on any atom is -0.508 e. The fourth-order valence-electron chi connectivity index (χ4n) is 1.99. The number of benzene rings is 1. The van der Waals surface area contributed by atoms with E-state index in [4.69, 9.17) is 0 Å². The highest BCUT2D eigenvalue weighted by Gasteiger charge is 2.16. The summed E-state index contributed by atoms with van der Waals surface area (Å²) in [7, 11) is 0. The van der Waals surface area contributed by atoms with Gasteiger partial charge in [0, 0.05) is 6.54 Å². The van der Waals surface area contributed by atoms with E-state index < -0.39 is 0 Å². The maximum atomic E-state index is 11.9. The van der Waals surface area contributed by atoms with Crippen molar-refractivity contribution < 1.29 is 15.0 Å². The van der Waals surface area contributed by atoms with Gasteiger partial charge in [-0.15, -0.1) is 0 Å². The van der Waals surface area contributed by atoms with Crippen LogP contribution in [0.4, 0.5) is 0 Å². The summed E-state index contributed by atoms with van der Waals surface area (Å²) in [5.74, 6) is 2.36. The molecule has 0 atom stereocenters. The Hall–Kier alpha value is -1.36. The van der Waals surface area contributed by atoms with Gasteiger partial charge in [0.25, 0.3) is 5.91 Å². The van der Waals surface area contributed by atoms with Crippen molar-refractivity contribution >= 4 is 17.7 Å². The van der Waals surface area contributed by atoms with Crippen molar-refractivity contribution in [2.24, 2.45) is 5.92 Å². The van der Waals surface area contributed by atoms with Gasteiger partial charge in [-0.2, -0.15) is 11.8 Å². The molecule has 0 radical (unpaired) electrons. The lowest BCUT2D eigenvalue weighted by Gasteiger charge is -2.21. The van der Waals surface area contributed by atoms with Crippen molar-refractivity contribution in [3.8, 4) is 11.5 Å². The Morgan fingerprint density at radius 3 is 2.78 bits per heavy atom. The van der Waals surface area contributed by atoms with Gasteiger partial charge in [-0.3, -0.25) is 4.79 Å². The topological polar surface area (TPSA) is 69.6 Å². The van der Waals surface area contributed by atoms with E-state index in [2.05, 4.69) is 5.32 Å². The molecule has 2 rings (SSSR count). The lowest BCUT2D eigenvalue weighted by atomic mass is 10.0. The summed E-state index contributed by atoms with van der Waals surface area (Å²) in [6, 6.07) is 3.95. The van der Waals surface area contributed by atoms with Crippen LogP contribution >= 0.6 is 11.8 Å². The number of phenols is 2. The number of carbonyl (C=O) groups excluding carboxylic acids is 1. The van der Waals surface area contributed by atoms with Gasteiger partial charge < -0.3 is 15.5 Å². The summed E-state index contributed by atoms with van der Waals surface area (Å²) in [4.78, 5) is 11.9. The molecule has 0 aliphatic carbocycles. The highest BCUT2D eigenvalue weighted by atomic mass is 32.2. The number of amides is 1. The van der Waals surface area contributed by atoms with Crippen LogP contribution in [0.1, 0.15) is 23.2 Å². The first-order valence-electron chi connectivity index (χ1n) is 6.05. The predicted octanol–water partition coefficient (Wildman–Crippen LogP) is 1.97. The second-order valence-corrected chi connectivity index (χ2v) is 5.69. The number of hydrogen-bond acceptors (Lipinski definition) is 4. The smallest absolute Gasteiger partial charge is 0.255 e. The highest BCUT2D eigenvalue weighted by Crippen LogP contribution is 2.24. The highest BCUT2D eigenvalue weighted by molar-refractivity contribution is 7.99. The number of rotatable bonds is 3. The minimum absolute atomic E-state index is 0.0213. The first kappa shape index (κ1) is 13.1. The van der Waals surface area contributed by atoms with Crippen LogP contribution in [-0.2, 0) is 0 Å². The molecule has 5 heteroatoms. The van der Waals surface area contributed by atoms with Gasteiger partial charge in [0.1, 0.15) is 11.5 Å². The summed E-state index contributed by atoms with van der Waals surface area (Å²) in [6.07, 6.45) is 2.24. The van der Waals surface area contributed by atoms with Gasteiger partial charge in [0.05, 0.1) is 5.56 Å². The quantitative estimate of drug-likeness (QED) is 0.732. The van der Waals surface area contributed by atoms with Crippen LogP contribution in [0.25, 0.3) is 0 Å². The van der Waals surface area contributed by atoms with Crippen molar-refractivity contribution in [2.45, 2.75) is 12.8 Å². The fraction of sp³-hybridized carbons (Fsp3) is 0.462. The zero-order chi connectivity index (χ0) is 13.0. The molecule has 0 aromatic heterocycles. The Kier molecular flexibility index (Phi) is 4.36. The molecule has 0 bridgehead atoms. The van der Waals surface area contributed by atoms with E-state index in [0.29, 0.717) is 12.5 Å². The minimum atomic E-state index is -0.332. The molecule has 1 saturated heterocycles. The molecular weight excluding hydrogens is 250 g/mol. The summed E-state index contributed by atoms with van der Waals surface area (Å²) >= 11 is 1.95. The molecule has 4 nitrogen and oxygen atoms in total. The average Bonchev–Trinajstić information content (AvgIpc) is 2.40. The SMILES string of the molecule is O=C(NCC1CCSCC1)c1cc(O)ccc1O. The Bertz CT molecular complexity index is 430. The van der Waals surface area contributed by atoms with Crippen molar-refractivity contribution in [3.05, 3.63) is 23.8 Å². The third kappa shape index (κ3) is 3.32. The third-order valence-electron chi connectivity index (χ3n) is 3.12. The first-order valence-corrected chi connectivity index (χ1v) is 7.20. The molecule has 0 saturated carbocycles. The van der Waals surface area contributed by atoms with Gasteiger partial charge in [0.2, 0.25) is 0 Å². The zero-order valence-electron chi connectivity index (χ0n) is 10.1. The standard InChI is InChI=1S/C13H17NO3S/c15-10-1-2-12(16)11(7-10)13(17)14-8-9-3-5-18-6-4-9/h1-2,7,9,15-16H,3-6,8H2,(H,14,17). The third-order valence-corrected chi connectivity index (χ3v) is 4.17. The lowest BCUT2D eigenvalue weighted by molar-refractivity contribution is 0.0943. The number of phenolic OH excluding ortho intramolecular Hbond substituents is 2. The normalized spacial score (nSPS) is 16.4. The number of carbonyl (C=O) groups is 1. The molecule has 0 spiro atoms. The van der Waals surface area contributed by atoms with Crippen LogP contribution in [0.3, 0.4) is 0 Å². The van der Waals surface area contributed by atoms with Crippen molar-refractivity contribution in [1.82, 2.24) is 5.32 Å². The van der Waals surface area contributed by atoms with Gasteiger partial charge in [-0.05, 0) is 48.5 Å². The molecule has 1 aliphatic heterocycles. The number of hydrogen-bond donors (Lipinski definition) is 3. The van der Waals surface area contributed by atoms with Crippen LogP contribution in [-0.4, -0.2) is 34.2 Å². The first-order chi connectivity index (χ1) is 8.66. The van der Waals surface area contributed by atoms with E-state index in [9.17, 15) is 15.0 Å². The Balaban J connectivity index is 1.92. The largest absolute Gasteiger partial charge is 0.508 e. The molecule has 18 heavy (non-hydrogen) atoms. The maximum Gasteiger partial charge on any atom is 0.255 e. The van der Waals surface area contributed by atoms with E-state index in [-0.39, 0.29) is 23.0 Å². The number of nitrogens with one attached hydrogen (secondary N) is 1. The molecule has 1 aliphatic rings. The summed E-state index contributed by atoms with van der Waals surface area (Å²) in [6.45, 7) is 0.633. The molecule has 1 heterocycles. The van der Waals surface area contributed by atoms with Crippen LogP contribution in [0.15, 0.2) is 18.2 Å². The number of thioether (sulfide) groups is 1. The van der Waals surface area contributed by atoms with Crippen molar-refractivity contribution in [1.29, 1.82) is 0 Å². The van der Waals surface area contributed by atoms with Crippen LogP contribution < -0.4 is 5.32 Å². The maximum absolute atomic E-state index is 11.9. The van der Waals surface area contributed by atoms with Gasteiger partial charge in [-0.1, -0.05) is 0 Å². The lowest BCUT2D eigenvalue weighted by Crippen LogP contribution is -2.31. The summed E-state index contributed by atoms with van der Waals surface area (Å²) in [5, 5.41) is 21.7. The average molecular weight is 267 g/mol. The van der Waals surface area contributed by atoms with Gasteiger partial charge in [0.15, 0.2) is 0 Å². The van der Waals surface area contributed by atoms with Crippen molar-refractivity contribution in [3.63, 3.8) is 0 Å². The van der Waals surface area contributed by atoms with Gasteiger partial charge in [-0.25, -0.2) is 0 Å². The number of aromatic hydroxyl groups is 2. The van der Waals surface area contributed by atoms with E-state index >= 15 is 0 Å². The van der Waals surface area contributed by atoms with Crippen LogP contribution in [0.5, 0.6) is 11.5 Å². The molecule has 3 N–H and O–H groups in total. The Morgan fingerprint density at radius 1 is 1.33 bits per heavy atom. The molecule has 1 amide bonds. The molecule has 98 valence electrons. The van der Waals surface area contributed by atoms with Crippen LogP contribution in [0, 0.1) is 5.92 Å². The second kappa shape index (κ2) is 6.00. The Morgan fingerprint density at radius 2 is 2.06 bits per heavy atom. The predicted molar refractivity (Wildman–Crippen MR) is 72.2 cm³/mol. The molecule has 0 unspecified atom stereocenters. The summed E-state index contributed by atoms with van der Waals surface area (Å²) < 4.78 is 0. The van der Waals surface area contributed by atoms with Crippen LogP contribution in [0.2, 0.25) is 0 Å². The van der Waals surface area contributed by atoms with E-state index in [1.807, 2.05) is 11.8 Å². The van der Waals surface area contributed by atoms with E-state index in [1.54, 1.807) is 0 Å². The van der Waals surface area contributed by atoms with Gasteiger partial charge >= 0.3 is 0 Å². The Labute approximate surface area is 110 Å². The van der Waals surface area contributed by atoms with E-state index in [0.717, 1.165) is 24.3 Å². The monoisotopic (exact) mass is 267 g/mol. The van der Waals surface area contributed by atoms with Crippen molar-refractivity contribution in [2.75, 3.05) is 18.1 Å². The fourth-order valence-corrected chi connectivity index (χ4v) is 3.19. The summed E-state index contributed by atoms with van der Waals surface area (Å²) in [5.41, 5.74) is 0.125. The molecule has 1 aromatic rings. The molecule has 1 fully saturated rings. The zero-order valence-corrected chi connectivity index (χ0v) is 10.9.